The van der Waals surface area contributed by atoms with Crippen LogP contribution in [-0.2, 0) is 5.41 Å². The predicted molar refractivity (Wildman–Crippen MR) is 130 cm³/mol. The van der Waals surface area contributed by atoms with Crippen molar-refractivity contribution in [1.82, 2.24) is 5.43 Å². The van der Waals surface area contributed by atoms with Gasteiger partial charge in [0.15, 0.2) is 0 Å². The van der Waals surface area contributed by atoms with Gasteiger partial charge in [-0.15, -0.1) is 0 Å². The molecule has 0 heterocycles. The van der Waals surface area contributed by atoms with E-state index in [2.05, 4.69) is 52.5 Å². The van der Waals surface area contributed by atoms with Crippen LogP contribution in [0.5, 0.6) is 5.75 Å². The van der Waals surface area contributed by atoms with E-state index >= 15 is 0 Å². The molecule has 0 spiro atoms. The summed E-state index contributed by atoms with van der Waals surface area (Å²) in [6.45, 7) is 6.36. The average molecular weight is 494 g/mol. The minimum absolute atomic E-state index is 0.0216. The van der Waals surface area contributed by atoms with Crippen LogP contribution >= 0.6 is 15.9 Å². The largest absolute Gasteiger partial charge is 0.507 e. The Bertz CT molecular complexity index is 1150. The minimum Gasteiger partial charge on any atom is -0.507 e. The van der Waals surface area contributed by atoms with E-state index in [4.69, 9.17) is 0 Å². The fourth-order valence-corrected chi connectivity index (χ4v) is 3.26. The first kappa shape index (κ1) is 23.2. The standard InChI is InChI=1S/C25H24BrN3O3/c1-25(2,3)19-8-4-16(5-9-19)23(31)28-21-11-6-17(7-12-21)24(32)29-27-15-18-14-20(26)10-13-22(18)30/h4-15,30H,1-3H3,(H,28,31)(H,29,32)/b27-15+. The van der Waals surface area contributed by atoms with Crippen LogP contribution < -0.4 is 10.7 Å². The minimum atomic E-state index is -0.411. The van der Waals surface area contributed by atoms with Crippen LogP contribution in [0.25, 0.3) is 0 Å². The maximum absolute atomic E-state index is 12.5. The summed E-state index contributed by atoms with van der Waals surface area (Å²) < 4.78 is 0.783. The zero-order chi connectivity index (χ0) is 23.3. The van der Waals surface area contributed by atoms with Crippen LogP contribution in [0, 0.1) is 0 Å². The smallest absolute Gasteiger partial charge is 0.271 e. The second kappa shape index (κ2) is 9.78. The predicted octanol–water partition coefficient (Wildman–Crippen LogP) is 5.47. The van der Waals surface area contributed by atoms with Gasteiger partial charge in [-0.2, -0.15) is 5.10 Å². The molecule has 0 saturated carbocycles. The topological polar surface area (TPSA) is 90.8 Å². The van der Waals surface area contributed by atoms with Crippen LogP contribution in [0.3, 0.4) is 0 Å². The third kappa shape index (κ3) is 6.04. The summed E-state index contributed by atoms with van der Waals surface area (Å²) in [6.07, 6.45) is 1.36. The Kier molecular flexibility index (Phi) is 7.10. The molecule has 3 rings (SSSR count). The van der Waals surface area contributed by atoms with Crippen molar-refractivity contribution in [3.05, 3.63) is 93.5 Å². The Morgan fingerprint density at radius 2 is 1.50 bits per heavy atom. The molecule has 3 N–H and O–H groups in total. The van der Waals surface area contributed by atoms with Gasteiger partial charge in [-0.25, -0.2) is 5.43 Å². The molecule has 3 aromatic rings. The molecule has 0 radical (unpaired) electrons. The molecular formula is C25H24BrN3O3. The first-order valence-corrected chi connectivity index (χ1v) is 10.8. The van der Waals surface area contributed by atoms with E-state index in [1.165, 1.54) is 12.3 Å². The lowest BCUT2D eigenvalue weighted by Gasteiger charge is -2.19. The maximum Gasteiger partial charge on any atom is 0.271 e. The third-order valence-corrected chi connectivity index (χ3v) is 5.27. The molecule has 0 fully saturated rings. The lowest BCUT2D eigenvalue weighted by molar-refractivity contribution is 0.0954. The van der Waals surface area contributed by atoms with Gasteiger partial charge < -0.3 is 10.4 Å². The number of carbonyl (C=O) groups excluding carboxylic acids is 2. The Balaban J connectivity index is 1.59. The van der Waals surface area contributed by atoms with Gasteiger partial charge >= 0.3 is 0 Å². The number of nitrogens with one attached hydrogen (secondary N) is 2. The first-order valence-electron chi connectivity index (χ1n) is 9.97. The number of phenols is 1. The Morgan fingerprint density at radius 1 is 0.906 bits per heavy atom. The third-order valence-electron chi connectivity index (χ3n) is 4.78. The summed E-state index contributed by atoms with van der Waals surface area (Å²) in [5, 5.41) is 16.5. The van der Waals surface area contributed by atoms with Gasteiger partial charge in [-0.1, -0.05) is 48.8 Å². The molecule has 0 atom stereocenters. The SMILES string of the molecule is CC(C)(C)c1ccc(C(=O)Nc2ccc(C(=O)N/N=C/c3cc(Br)ccc3O)cc2)cc1. The van der Waals surface area contributed by atoms with Crippen LogP contribution in [-0.4, -0.2) is 23.1 Å². The van der Waals surface area contributed by atoms with Crippen molar-refractivity contribution in [2.45, 2.75) is 26.2 Å². The number of hydrazone groups is 1. The lowest BCUT2D eigenvalue weighted by atomic mass is 9.87. The number of hydrogen-bond acceptors (Lipinski definition) is 4. The molecule has 0 aromatic heterocycles. The van der Waals surface area contributed by atoms with Crippen molar-refractivity contribution in [3.8, 4) is 5.75 Å². The number of aromatic hydroxyl groups is 1. The second-order valence-electron chi connectivity index (χ2n) is 8.26. The van der Waals surface area contributed by atoms with Crippen LogP contribution in [0.1, 0.15) is 52.6 Å². The quantitative estimate of drug-likeness (QED) is 0.325. The molecule has 0 aliphatic carbocycles. The van der Waals surface area contributed by atoms with E-state index in [-0.39, 0.29) is 17.1 Å². The molecule has 6 nitrogen and oxygen atoms in total. The van der Waals surface area contributed by atoms with Crippen LogP contribution in [0.2, 0.25) is 0 Å². The summed E-state index contributed by atoms with van der Waals surface area (Å²) in [5.41, 5.74) is 5.58. The van der Waals surface area contributed by atoms with Crippen molar-refractivity contribution in [2.24, 2.45) is 5.10 Å². The summed E-state index contributed by atoms with van der Waals surface area (Å²) in [6, 6.07) is 18.9. The van der Waals surface area contributed by atoms with Gasteiger partial charge in [0, 0.05) is 26.9 Å². The fraction of sp³-hybridized carbons (Fsp3) is 0.160. The Morgan fingerprint density at radius 3 is 2.12 bits per heavy atom. The fourth-order valence-electron chi connectivity index (χ4n) is 2.88. The highest BCUT2D eigenvalue weighted by Crippen LogP contribution is 2.23. The monoisotopic (exact) mass is 493 g/mol. The number of phenolic OH excluding ortho intramolecular Hbond substituents is 1. The van der Waals surface area contributed by atoms with E-state index in [9.17, 15) is 14.7 Å². The summed E-state index contributed by atoms with van der Waals surface area (Å²) >= 11 is 3.31. The van der Waals surface area contributed by atoms with Gasteiger partial charge in [-0.05, 0) is 65.6 Å². The number of nitrogens with zero attached hydrogens (tertiary/aromatic N) is 1. The molecule has 0 bridgehead atoms. The average Bonchev–Trinajstić information content (AvgIpc) is 2.76. The highest BCUT2D eigenvalue weighted by molar-refractivity contribution is 9.10. The van der Waals surface area contributed by atoms with Crippen molar-refractivity contribution >= 4 is 39.6 Å². The van der Waals surface area contributed by atoms with Crippen molar-refractivity contribution in [2.75, 3.05) is 5.32 Å². The number of amides is 2. The summed E-state index contributed by atoms with van der Waals surface area (Å²) in [5.74, 6) is -0.577. The molecule has 0 saturated heterocycles. The van der Waals surface area contributed by atoms with Crippen LogP contribution in [0.4, 0.5) is 5.69 Å². The highest BCUT2D eigenvalue weighted by Gasteiger charge is 2.14. The summed E-state index contributed by atoms with van der Waals surface area (Å²) in [7, 11) is 0. The van der Waals surface area contributed by atoms with E-state index in [0.717, 1.165) is 10.0 Å². The normalized spacial score (nSPS) is 11.4. The Labute approximate surface area is 195 Å². The number of carbonyl (C=O) groups is 2. The molecule has 2 amide bonds. The number of hydrogen-bond donors (Lipinski definition) is 3. The van der Waals surface area contributed by atoms with Gasteiger partial charge in [-0.3, -0.25) is 9.59 Å². The van der Waals surface area contributed by atoms with Crippen LogP contribution in [0.15, 0.2) is 76.3 Å². The molecule has 0 unspecified atom stereocenters. The van der Waals surface area contributed by atoms with Gasteiger partial charge in [0.05, 0.1) is 6.21 Å². The number of benzene rings is 3. The van der Waals surface area contributed by atoms with Gasteiger partial charge in [0.25, 0.3) is 11.8 Å². The van der Waals surface area contributed by atoms with Gasteiger partial charge in [0.1, 0.15) is 5.75 Å². The molecule has 0 aliphatic heterocycles. The maximum atomic E-state index is 12.5. The zero-order valence-electron chi connectivity index (χ0n) is 18.0. The molecule has 164 valence electrons. The van der Waals surface area contributed by atoms with E-state index in [1.807, 2.05) is 12.1 Å². The summed E-state index contributed by atoms with van der Waals surface area (Å²) in [4.78, 5) is 24.8. The van der Waals surface area contributed by atoms with E-state index < -0.39 is 5.91 Å². The lowest BCUT2D eigenvalue weighted by Crippen LogP contribution is -2.18. The van der Waals surface area contributed by atoms with Crippen molar-refractivity contribution in [3.63, 3.8) is 0 Å². The van der Waals surface area contributed by atoms with Crippen molar-refractivity contribution in [1.29, 1.82) is 0 Å². The molecule has 0 aliphatic rings. The van der Waals surface area contributed by atoms with Crippen molar-refractivity contribution < 1.29 is 14.7 Å². The molecule has 32 heavy (non-hydrogen) atoms. The zero-order valence-corrected chi connectivity index (χ0v) is 19.6. The van der Waals surface area contributed by atoms with E-state index in [1.54, 1.807) is 48.5 Å². The number of rotatable bonds is 5. The number of anilines is 1. The number of halogens is 1. The van der Waals surface area contributed by atoms with E-state index in [0.29, 0.717) is 22.4 Å². The first-order chi connectivity index (χ1) is 15.1. The highest BCUT2D eigenvalue weighted by atomic mass is 79.9. The molecular weight excluding hydrogens is 470 g/mol. The molecule has 7 heteroatoms. The van der Waals surface area contributed by atoms with Gasteiger partial charge in [0.2, 0.25) is 0 Å². The Hall–Kier alpha value is -3.45. The molecule has 3 aromatic carbocycles. The second-order valence-corrected chi connectivity index (χ2v) is 9.18.